The van der Waals surface area contributed by atoms with Crippen molar-refractivity contribution in [3.8, 4) is 6.07 Å². The van der Waals surface area contributed by atoms with E-state index in [-0.39, 0.29) is 17.6 Å². The molecule has 188 valence electrons. The molecule has 3 N–H and O–H groups in total. The maximum absolute atomic E-state index is 13.4. The highest BCUT2D eigenvalue weighted by atomic mass is 32.2. The van der Waals surface area contributed by atoms with Gasteiger partial charge in [-0.2, -0.15) is 5.26 Å². The van der Waals surface area contributed by atoms with Crippen LogP contribution in [-0.2, 0) is 9.59 Å². The summed E-state index contributed by atoms with van der Waals surface area (Å²) >= 11 is 1.22. The predicted octanol–water partition coefficient (Wildman–Crippen LogP) is 5.91. The second-order valence-electron chi connectivity index (χ2n) is 8.95. The lowest BCUT2D eigenvalue weighted by atomic mass is 9.85. The van der Waals surface area contributed by atoms with Crippen LogP contribution in [0.25, 0.3) is 0 Å². The highest BCUT2D eigenvalue weighted by Crippen LogP contribution is 2.41. The molecule has 1 aromatic heterocycles. The summed E-state index contributed by atoms with van der Waals surface area (Å²) in [5, 5.41) is 19.7. The van der Waals surface area contributed by atoms with Gasteiger partial charge < -0.3 is 20.4 Å². The predicted molar refractivity (Wildman–Crippen MR) is 147 cm³/mol. The zero-order valence-electron chi connectivity index (χ0n) is 21.1. The smallest absolute Gasteiger partial charge is 0.254 e. The number of carbonyl (C=O) groups is 2. The van der Waals surface area contributed by atoms with Crippen molar-refractivity contribution < 1.29 is 14.0 Å². The first-order valence-corrected chi connectivity index (χ1v) is 12.8. The number of amides is 2. The summed E-state index contributed by atoms with van der Waals surface area (Å²) in [5.41, 5.74) is 5.75. The van der Waals surface area contributed by atoms with E-state index in [1.807, 2.05) is 63.2 Å². The maximum Gasteiger partial charge on any atom is 0.254 e. The summed E-state index contributed by atoms with van der Waals surface area (Å²) in [6, 6.07) is 19.1. The van der Waals surface area contributed by atoms with Gasteiger partial charge in [0.05, 0.1) is 40.2 Å². The molecule has 2 heterocycles. The lowest BCUT2D eigenvalue weighted by molar-refractivity contribution is -0.114. The van der Waals surface area contributed by atoms with Crippen molar-refractivity contribution in [1.29, 1.82) is 5.26 Å². The van der Waals surface area contributed by atoms with Crippen LogP contribution in [0.3, 0.4) is 0 Å². The summed E-state index contributed by atoms with van der Waals surface area (Å²) in [6.07, 6.45) is 1.52. The SMILES string of the molecule is CC1=C(C(=O)Nc2cccc(C)c2)[C@@H](c2ccco2)C(C#N)=C(SCC(=O)Nc2cc(C)ccc2C)N1. The Labute approximate surface area is 220 Å². The van der Waals surface area contributed by atoms with Crippen LogP contribution in [0, 0.1) is 32.1 Å². The number of aryl methyl sites for hydroxylation is 3. The average Bonchev–Trinajstić information content (AvgIpc) is 3.39. The summed E-state index contributed by atoms with van der Waals surface area (Å²) in [4.78, 5) is 26.2. The maximum atomic E-state index is 13.4. The number of nitrogens with zero attached hydrogens (tertiary/aromatic N) is 1. The van der Waals surface area contributed by atoms with E-state index in [0.717, 1.165) is 22.4 Å². The Morgan fingerprint density at radius 3 is 2.51 bits per heavy atom. The number of rotatable bonds is 7. The number of carbonyl (C=O) groups excluding carboxylic acids is 2. The Bertz CT molecular complexity index is 1450. The molecule has 1 aliphatic heterocycles. The van der Waals surface area contributed by atoms with Crippen LogP contribution < -0.4 is 16.0 Å². The van der Waals surface area contributed by atoms with Crippen molar-refractivity contribution in [2.75, 3.05) is 16.4 Å². The van der Waals surface area contributed by atoms with E-state index < -0.39 is 5.92 Å². The monoisotopic (exact) mass is 512 g/mol. The Kier molecular flexibility index (Phi) is 7.85. The fourth-order valence-electron chi connectivity index (χ4n) is 4.18. The molecular formula is C29H28N4O3S. The third kappa shape index (κ3) is 5.96. The van der Waals surface area contributed by atoms with Gasteiger partial charge in [-0.1, -0.05) is 36.0 Å². The highest BCUT2D eigenvalue weighted by Gasteiger charge is 2.36. The second kappa shape index (κ2) is 11.2. The average molecular weight is 513 g/mol. The van der Waals surface area contributed by atoms with E-state index in [1.54, 1.807) is 19.1 Å². The summed E-state index contributed by atoms with van der Waals surface area (Å²) < 4.78 is 5.66. The van der Waals surface area contributed by atoms with Gasteiger partial charge >= 0.3 is 0 Å². The molecule has 0 saturated carbocycles. The number of thioether (sulfide) groups is 1. The molecule has 2 aromatic carbocycles. The van der Waals surface area contributed by atoms with E-state index >= 15 is 0 Å². The largest absolute Gasteiger partial charge is 0.468 e. The van der Waals surface area contributed by atoms with Crippen LogP contribution in [0.2, 0.25) is 0 Å². The van der Waals surface area contributed by atoms with Crippen molar-refractivity contribution in [3.63, 3.8) is 0 Å². The van der Waals surface area contributed by atoms with E-state index in [4.69, 9.17) is 4.42 Å². The molecule has 8 heteroatoms. The zero-order valence-corrected chi connectivity index (χ0v) is 22.0. The van der Waals surface area contributed by atoms with Gasteiger partial charge in [-0.15, -0.1) is 0 Å². The molecule has 0 aliphatic carbocycles. The number of allylic oxidation sites excluding steroid dienone is 2. The number of dihydropyridines is 1. The van der Waals surface area contributed by atoms with Crippen molar-refractivity contribution in [2.45, 2.75) is 33.6 Å². The van der Waals surface area contributed by atoms with Crippen molar-refractivity contribution in [3.05, 3.63) is 105 Å². The number of hydrogen-bond donors (Lipinski definition) is 3. The van der Waals surface area contributed by atoms with Gasteiger partial charge in [0.2, 0.25) is 5.91 Å². The highest BCUT2D eigenvalue weighted by molar-refractivity contribution is 8.03. The van der Waals surface area contributed by atoms with Crippen LogP contribution >= 0.6 is 11.8 Å². The Morgan fingerprint density at radius 1 is 1.03 bits per heavy atom. The van der Waals surface area contributed by atoms with Crippen molar-refractivity contribution in [1.82, 2.24) is 5.32 Å². The molecule has 3 aromatic rings. The number of nitrogens with one attached hydrogen (secondary N) is 3. The standard InChI is InChI=1S/C29H28N4O3S/c1-17-7-5-8-21(13-17)32-28(35)26-20(4)31-29(22(15-30)27(26)24-9-6-12-36-24)37-16-25(34)33-23-14-18(2)10-11-19(23)3/h5-14,27,31H,16H2,1-4H3,(H,32,35)(H,33,34)/t27-/m1/s1. The number of anilines is 2. The lowest BCUT2D eigenvalue weighted by Gasteiger charge is -2.28. The number of nitriles is 1. The number of furan rings is 1. The molecule has 0 radical (unpaired) electrons. The molecule has 0 unspecified atom stereocenters. The molecule has 0 saturated heterocycles. The molecule has 0 bridgehead atoms. The van der Waals surface area contributed by atoms with Gasteiger partial charge in [-0.25, -0.2) is 0 Å². The second-order valence-corrected chi connectivity index (χ2v) is 9.93. The molecule has 1 atom stereocenters. The van der Waals surface area contributed by atoms with Gasteiger partial charge in [0.15, 0.2) is 0 Å². The van der Waals surface area contributed by atoms with Crippen LogP contribution in [0.4, 0.5) is 11.4 Å². The quantitative estimate of drug-likeness (QED) is 0.363. The Balaban J connectivity index is 1.58. The fraction of sp³-hybridized carbons (Fsp3) is 0.207. The summed E-state index contributed by atoms with van der Waals surface area (Å²) in [5.74, 6) is -0.671. The molecule has 4 rings (SSSR count). The van der Waals surface area contributed by atoms with Crippen molar-refractivity contribution in [2.24, 2.45) is 0 Å². The molecule has 37 heavy (non-hydrogen) atoms. The molecule has 7 nitrogen and oxygen atoms in total. The van der Waals surface area contributed by atoms with Crippen LogP contribution in [0.5, 0.6) is 0 Å². The van der Waals surface area contributed by atoms with Crippen LogP contribution in [0.15, 0.2) is 87.1 Å². The first-order chi connectivity index (χ1) is 17.8. The third-order valence-electron chi connectivity index (χ3n) is 6.01. The Morgan fingerprint density at radius 2 is 1.81 bits per heavy atom. The van der Waals surface area contributed by atoms with E-state index in [0.29, 0.717) is 33.3 Å². The van der Waals surface area contributed by atoms with Crippen molar-refractivity contribution >= 4 is 35.0 Å². The number of hydrogen-bond acceptors (Lipinski definition) is 6. The van der Waals surface area contributed by atoms with Gasteiger partial charge in [-0.05, 0) is 74.7 Å². The van der Waals surface area contributed by atoms with Crippen LogP contribution in [0.1, 0.15) is 35.3 Å². The molecule has 1 aliphatic rings. The minimum atomic E-state index is -0.712. The number of benzene rings is 2. The Hall–Kier alpha value is -4.22. The third-order valence-corrected chi connectivity index (χ3v) is 7.03. The molecule has 0 spiro atoms. The van der Waals surface area contributed by atoms with E-state index in [2.05, 4.69) is 22.0 Å². The van der Waals surface area contributed by atoms with Gasteiger partial charge in [0.25, 0.3) is 5.91 Å². The van der Waals surface area contributed by atoms with Crippen LogP contribution in [-0.4, -0.2) is 17.6 Å². The normalized spacial score (nSPS) is 15.2. The molecular weight excluding hydrogens is 484 g/mol. The van der Waals surface area contributed by atoms with E-state index in [1.165, 1.54) is 18.0 Å². The molecule has 2 amide bonds. The zero-order chi connectivity index (χ0) is 26.5. The summed E-state index contributed by atoms with van der Waals surface area (Å²) in [6.45, 7) is 7.64. The minimum absolute atomic E-state index is 0.0872. The lowest BCUT2D eigenvalue weighted by Crippen LogP contribution is -2.31. The van der Waals surface area contributed by atoms with Gasteiger partial charge in [0.1, 0.15) is 5.76 Å². The van der Waals surface area contributed by atoms with Gasteiger partial charge in [-0.3, -0.25) is 9.59 Å². The first kappa shape index (κ1) is 25.9. The summed E-state index contributed by atoms with van der Waals surface area (Å²) in [7, 11) is 0. The minimum Gasteiger partial charge on any atom is -0.468 e. The molecule has 0 fully saturated rings. The topological polar surface area (TPSA) is 107 Å². The van der Waals surface area contributed by atoms with E-state index in [9.17, 15) is 14.9 Å². The first-order valence-electron chi connectivity index (χ1n) is 11.8. The van der Waals surface area contributed by atoms with Gasteiger partial charge in [0, 0.05) is 17.1 Å². The fourth-order valence-corrected chi connectivity index (χ4v) is 5.08.